The van der Waals surface area contributed by atoms with E-state index in [0.29, 0.717) is 12.3 Å². The summed E-state index contributed by atoms with van der Waals surface area (Å²) in [6, 6.07) is 6.98. The van der Waals surface area contributed by atoms with Crippen molar-refractivity contribution in [2.45, 2.75) is 38.8 Å². The van der Waals surface area contributed by atoms with Crippen molar-refractivity contribution < 1.29 is 19.4 Å². The Morgan fingerprint density at radius 1 is 1.36 bits per heavy atom. The van der Waals surface area contributed by atoms with Gasteiger partial charge in [0, 0.05) is 5.38 Å². The second kappa shape index (κ2) is 7.65. The number of nitrogens with zero attached hydrogens (tertiary/aromatic N) is 1. The number of nitrogens with one attached hydrogen (secondary N) is 1. The van der Waals surface area contributed by atoms with Crippen molar-refractivity contribution in [3.63, 3.8) is 0 Å². The molecule has 2 aromatic rings. The zero-order chi connectivity index (χ0) is 17.8. The lowest BCUT2D eigenvalue weighted by molar-refractivity contribution is -0.142. The minimum Gasteiger partial charge on any atom is -0.486 e. The van der Waals surface area contributed by atoms with Crippen LogP contribution in [0, 0.1) is 12.8 Å². The van der Waals surface area contributed by atoms with Crippen LogP contribution in [0.2, 0.25) is 0 Å². The number of aryl methyl sites for hydroxylation is 1. The second-order valence-electron chi connectivity index (χ2n) is 6.23. The van der Waals surface area contributed by atoms with Gasteiger partial charge < -0.3 is 15.2 Å². The molecule has 1 heterocycles. The zero-order valence-electron chi connectivity index (χ0n) is 13.9. The van der Waals surface area contributed by atoms with Crippen LogP contribution in [-0.2, 0) is 22.6 Å². The van der Waals surface area contributed by atoms with Gasteiger partial charge in [0.1, 0.15) is 23.4 Å². The molecule has 6 nitrogen and oxygen atoms in total. The third-order valence-electron chi connectivity index (χ3n) is 4.00. The summed E-state index contributed by atoms with van der Waals surface area (Å²) in [6.07, 6.45) is 1.79. The predicted molar refractivity (Wildman–Crippen MR) is 93.6 cm³/mol. The minimum atomic E-state index is -0.971. The number of ether oxygens (including phenoxy) is 1. The Kier molecular flexibility index (Phi) is 5.33. The lowest BCUT2D eigenvalue weighted by atomic mass is 10.2. The smallest absolute Gasteiger partial charge is 0.326 e. The highest BCUT2D eigenvalue weighted by Gasteiger charge is 2.37. The Morgan fingerprint density at radius 3 is 2.72 bits per heavy atom. The molecule has 7 heteroatoms. The average Bonchev–Trinajstić information content (AvgIpc) is 3.32. The van der Waals surface area contributed by atoms with E-state index in [1.54, 1.807) is 5.38 Å². The van der Waals surface area contributed by atoms with Gasteiger partial charge in [0.2, 0.25) is 5.91 Å². The van der Waals surface area contributed by atoms with E-state index in [2.05, 4.69) is 10.3 Å². The van der Waals surface area contributed by atoms with Crippen LogP contribution in [0.1, 0.15) is 29.1 Å². The summed E-state index contributed by atoms with van der Waals surface area (Å²) in [6.45, 7) is 2.36. The van der Waals surface area contributed by atoms with Crippen LogP contribution in [0.4, 0.5) is 0 Å². The molecule has 2 N–H and O–H groups in total. The second-order valence-corrected chi connectivity index (χ2v) is 7.17. The number of carbonyl (C=O) groups is 2. The Bertz CT molecular complexity index is 753. The van der Waals surface area contributed by atoms with Crippen LogP contribution in [0.25, 0.3) is 0 Å². The Hall–Kier alpha value is -2.41. The highest BCUT2D eigenvalue weighted by Crippen LogP contribution is 2.32. The van der Waals surface area contributed by atoms with E-state index < -0.39 is 12.0 Å². The topological polar surface area (TPSA) is 88.5 Å². The number of amides is 1. The summed E-state index contributed by atoms with van der Waals surface area (Å²) in [5.74, 6) is -0.443. The van der Waals surface area contributed by atoms with Crippen LogP contribution < -0.4 is 10.1 Å². The molecule has 1 amide bonds. The van der Waals surface area contributed by atoms with Crippen molar-refractivity contribution in [1.82, 2.24) is 10.3 Å². The molecule has 25 heavy (non-hydrogen) atoms. The monoisotopic (exact) mass is 360 g/mol. The van der Waals surface area contributed by atoms with E-state index in [4.69, 9.17) is 9.84 Å². The summed E-state index contributed by atoms with van der Waals surface area (Å²) in [4.78, 5) is 27.6. The minimum absolute atomic E-state index is 0.0651. The summed E-state index contributed by atoms with van der Waals surface area (Å²) in [5, 5.41) is 14.3. The van der Waals surface area contributed by atoms with Gasteiger partial charge in [-0.05, 0) is 37.8 Å². The number of hydrogen-bond acceptors (Lipinski definition) is 5. The Balaban J connectivity index is 1.49. The molecule has 1 fully saturated rings. The molecule has 0 aliphatic heterocycles. The summed E-state index contributed by atoms with van der Waals surface area (Å²) >= 11 is 1.43. The van der Waals surface area contributed by atoms with Gasteiger partial charge in [0.05, 0.1) is 12.1 Å². The van der Waals surface area contributed by atoms with E-state index in [-0.39, 0.29) is 18.2 Å². The first-order chi connectivity index (χ1) is 12.0. The van der Waals surface area contributed by atoms with Gasteiger partial charge in [-0.25, -0.2) is 9.78 Å². The molecule has 0 bridgehead atoms. The third kappa shape index (κ3) is 5.03. The van der Waals surface area contributed by atoms with Gasteiger partial charge in [0.15, 0.2) is 0 Å². The van der Waals surface area contributed by atoms with Crippen LogP contribution in [-0.4, -0.2) is 28.0 Å². The Morgan fingerprint density at radius 2 is 2.08 bits per heavy atom. The molecule has 0 radical (unpaired) electrons. The fourth-order valence-electron chi connectivity index (χ4n) is 2.48. The molecule has 1 saturated carbocycles. The molecular weight excluding hydrogens is 340 g/mol. The first-order valence-electron chi connectivity index (χ1n) is 8.16. The zero-order valence-corrected chi connectivity index (χ0v) is 14.7. The number of rotatable bonds is 8. The first kappa shape index (κ1) is 17.4. The quantitative estimate of drug-likeness (QED) is 0.755. The van der Waals surface area contributed by atoms with Crippen molar-refractivity contribution in [3.8, 4) is 5.75 Å². The molecule has 132 valence electrons. The molecule has 1 aliphatic rings. The van der Waals surface area contributed by atoms with Gasteiger partial charge in [-0.2, -0.15) is 0 Å². The fourth-order valence-corrected chi connectivity index (χ4v) is 3.18. The average molecular weight is 360 g/mol. The van der Waals surface area contributed by atoms with Gasteiger partial charge in [-0.3, -0.25) is 4.79 Å². The highest BCUT2D eigenvalue weighted by atomic mass is 32.1. The molecule has 0 spiro atoms. The van der Waals surface area contributed by atoms with Crippen molar-refractivity contribution in [3.05, 3.63) is 45.9 Å². The molecule has 0 saturated heterocycles. The highest BCUT2D eigenvalue weighted by molar-refractivity contribution is 7.09. The van der Waals surface area contributed by atoms with Crippen LogP contribution in [0.5, 0.6) is 5.75 Å². The summed E-state index contributed by atoms with van der Waals surface area (Å²) in [7, 11) is 0. The standard InChI is InChI=1S/C18H20N2O4S/c1-11-2-6-14(7-3-11)24-9-16-19-13(10-25-16)8-15(21)20-17(18(22)23)12-4-5-12/h2-3,6-7,10,12,17H,4-5,8-9H2,1H3,(H,20,21)(H,22,23). The molecule has 1 unspecified atom stereocenters. The van der Waals surface area contributed by atoms with Crippen LogP contribution in [0.3, 0.4) is 0 Å². The van der Waals surface area contributed by atoms with Crippen LogP contribution in [0.15, 0.2) is 29.6 Å². The Labute approximate surface area is 149 Å². The normalized spacial score (nSPS) is 14.8. The number of aromatic nitrogens is 1. The fraction of sp³-hybridized carbons (Fsp3) is 0.389. The van der Waals surface area contributed by atoms with E-state index in [1.165, 1.54) is 16.9 Å². The number of carboxylic acids is 1. The lowest BCUT2D eigenvalue weighted by Crippen LogP contribution is -2.43. The van der Waals surface area contributed by atoms with Gasteiger partial charge in [-0.1, -0.05) is 17.7 Å². The van der Waals surface area contributed by atoms with E-state index in [1.807, 2.05) is 31.2 Å². The maximum absolute atomic E-state index is 12.0. The van der Waals surface area contributed by atoms with Crippen molar-refractivity contribution in [2.24, 2.45) is 5.92 Å². The van der Waals surface area contributed by atoms with Crippen LogP contribution >= 0.6 is 11.3 Å². The van der Waals surface area contributed by atoms with Gasteiger partial charge in [-0.15, -0.1) is 11.3 Å². The molecule has 1 atom stereocenters. The van der Waals surface area contributed by atoms with E-state index in [0.717, 1.165) is 23.6 Å². The van der Waals surface area contributed by atoms with Gasteiger partial charge in [0.25, 0.3) is 0 Å². The molecule has 1 aromatic heterocycles. The number of aliphatic carboxylic acids is 1. The van der Waals surface area contributed by atoms with Crippen molar-refractivity contribution in [1.29, 1.82) is 0 Å². The van der Waals surface area contributed by atoms with Crippen molar-refractivity contribution in [2.75, 3.05) is 0 Å². The molecule has 3 rings (SSSR count). The summed E-state index contributed by atoms with van der Waals surface area (Å²) < 4.78 is 5.67. The molecule has 1 aromatic carbocycles. The maximum Gasteiger partial charge on any atom is 0.326 e. The molecule has 1 aliphatic carbocycles. The predicted octanol–water partition coefficient (Wildman–Crippen LogP) is 2.55. The first-order valence-corrected chi connectivity index (χ1v) is 9.04. The van der Waals surface area contributed by atoms with E-state index >= 15 is 0 Å². The number of carboxylic acid groups (broad SMARTS) is 1. The van der Waals surface area contributed by atoms with Gasteiger partial charge >= 0.3 is 5.97 Å². The number of carbonyl (C=O) groups excluding carboxylic acids is 1. The molecular formula is C18H20N2O4S. The number of hydrogen-bond donors (Lipinski definition) is 2. The largest absolute Gasteiger partial charge is 0.486 e. The lowest BCUT2D eigenvalue weighted by Gasteiger charge is -2.12. The summed E-state index contributed by atoms with van der Waals surface area (Å²) in [5.41, 5.74) is 1.80. The SMILES string of the molecule is Cc1ccc(OCc2nc(CC(=O)NC(C(=O)O)C3CC3)cs2)cc1. The number of benzene rings is 1. The third-order valence-corrected chi connectivity index (χ3v) is 4.87. The maximum atomic E-state index is 12.0. The van der Waals surface area contributed by atoms with Crippen molar-refractivity contribution >= 4 is 23.2 Å². The van der Waals surface area contributed by atoms with E-state index in [9.17, 15) is 9.59 Å². The number of thiazole rings is 1.